The average molecular weight is 131 g/mol. The standard InChI is InChI=1S/C5H13NOSi/c1-6(2)3-5(8)4-7-5/h3-4H2,1-2,8H3/t5-/m1/s1. The first-order chi connectivity index (χ1) is 3.62. The molecule has 1 rings (SSSR count). The Bertz CT molecular complexity index is 90.4. The van der Waals surface area contributed by atoms with Gasteiger partial charge in [0.2, 0.25) is 0 Å². The van der Waals surface area contributed by atoms with Gasteiger partial charge in [0.15, 0.2) is 0 Å². The summed E-state index contributed by atoms with van der Waals surface area (Å²) in [6.45, 7) is 2.11. The Labute approximate surface area is 53.2 Å². The number of epoxide rings is 1. The van der Waals surface area contributed by atoms with E-state index in [0.29, 0.717) is 5.22 Å². The van der Waals surface area contributed by atoms with Crippen molar-refractivity contribution in [3.8, 4) is 0 Å². The lowest BCUT2D eigenvalue weighted by Crippen LogP contribution is -2.28. The van der Waals surface area contributed by atoms with Gasteiger partial charge in [-0.2, -0.15) is 0 Å². The summed E-state index contributed by atoms with van der Waals surface area (Å²) in [7, 11) is 5.34. The van der Waals surface area contributed by atoms with Crippen molar-refractivity contribution in [1.82, 2.24) is 4.90 Å². The van der Waals surface area contributed by atoms with Crippen LogP contribution in [0.1, 0.15) is 0 Å². The molecule has 0 saturated carbocycles. The summed E-state index contributed by atoms with van der Waals surface area (Å²) in [4.78, 5) is 2.18. The molecule has 8 heavy (non-hydrogen) atoms. The second-order valence-corrected chi connectivity index (χ2v) is 4.80. The minimum atomic E-state index is 0.337. The maximum atomic E-state index is 5.23. The van der Waals surface area contributed by atoms with Crippen LogP contribution >= 0.6 is 0 Å². The number of ether oxygens (including phenoxy) is 1. The zero-order chi connectivity index (χ0) is 6.20. The normalized spacial score (nSPS) is 36.4. The highest BCUT2D eigenvalue weighted by Crippen LogP contribution is 2.21. The highest BCUT2D eigenvalue weighted by atomic mass is 28.1. The molecule has 0 bridgehead atoms. The van der Waals surface area contributed by atoms with Crippen molar-refractivity contribution < 1.29 is 4.74 Å². The molecule has 0 aliphatic carbocycles. The first-order valence-corrected chi connectivity index (χ1v) is 3.91. The molecular formula is C5H13NOSi. The Morgan fingerprint density at radius 3 is 2.38 bits per heavy atom. The van der Waals surface area contributed by atoms with Crippen LogP contribution in [0.15, 0.2) is 0 Å². The lowest BCUT2D eigenvalue weighted by Gasteiger charge is -2.11. The molecule has 0 spiro atoms. The maximum absolute atomic E-state index is 5.23. The molecule has 1 fully saturated rings. The van der Waals surface area contributed by atoms with Crippen molar-refractivity contribution in [2.75, 3.05) is 27.2 Å². The molecule has 0 aromatic heterocycles. The third kappa shape index (κ3) is 1.58. The van der Waals surface area contributed by atoms with Gasteiger partial charge in [0.25, 0.3) is 0 Å². The molecule has 0 radical (unpaired) electrons. The van der Waals surface area contributed by atoms with Gasteiger partial charge in [0, 0.05) is 16.8 Å². The third-order valence-electron chi connectivity index (χ3n) is 1.29. The molecule has 1 atom stereocenters. The Balaban J connectivity index is 2.19. The predicted molar refractivity (Wildman–Crippen MR) is 37.2 cm³/mol. The van der Waals surface area contributed by atoms with E-state index < -0.39 is 0 Å². The summed E-state index contributed by atoms with van der Waals surface area (Å²) < 4.78 is 5.23. The van der Waals surface area contributed by atoms with Crippen molar-refractivity contribution in [3.63, 3.8) is 0 Å². The molecule has 2 nitrogen and oxygen atoms in total. The van der Waals surface area contributed by atoms with Crippen molar-refractivity contribution in [1.29, 1.82) is 0 Å². The van der Waals surface area contributed by atoms with Crippen LogP contribution in [0.25, 0.3) is 0 Å². The highest BCUT2D eigenvalue weighted by molar-refractivity contribution is 6.16. The SMILES string of the molecule is CN(C)C[C@@]1([SiH3])CO1. The van der Waals surface area contributed by atoms with Crippen molar-refractivity contribution in [2.24, 2.45) is 0 Å². The van der Waals surface area contributed by atoms with E-state index in [1.165, 1.54) is 10.2 Å². The van der Waals surface area contributed by atoms with Crippen LogP contribution in [0.5, 0.6) is 0 Å². The first kappa shape index (κ1) is 6.26. The summed E-state index contributed by atoms with van der Waals surface area (Å²) in [6, 6.07) is 0. The molecular weight excluding hydrogens is 118 g/mol. The van der Waals surface area contributed by atoms with Crippen LogP contribution in [0, 0.1) is 0 Å². The van der Waals surface area contributed by atoms with Crippen LogP contribution in [-0.2, 0) is 4.74 Å². The van der Waals surface area contributed by atoms with Crippen LogP contribution in [-0.4, -0.2) is 47.6 Å². The second kappa shape index (κ2) is 1.82. The number of rotatable bonds is 2. The van der Waals surface area contributed by atoms with Gasteiger partial charge in [-0.15, -0.1) is 0 Å². The molecule has 48 valence electrons. The number of hydrogen-bond acceptors (Lipinski definition) is 2. The van der Waals surface area contributed by atoms with Crippen LogP contribution in [0.3, 0.4) is 0 Å². The molecule has 1 aliphatic heterocycles. The molecule has 0 amide bonds. The molecule has 1 aliphatic rings. The van der Waals surface area contributed by atoms with Gasteiger partial charge in [0.05, 0.1) is 11.8 Å². The lowest BCUT2D eigenvalue weighted by atomic mass is 10.4. The predicted octanol–water partition coefficient (Wildman–Crippen LogP) is -1.36. The largest absolute Gasteiger partial charge is 0.373 e. The fourth-order valence-electron chi connectivity index (χ4n) is 0.883. The van der Waals surface area contributed by atoms with Gasteiger partial charge in [0.1, 0.15) is 0 Å². The van der Waals surface area contributed by atoms with Crippen molar-refractivity contribution in [2.45, 2.75) is 5.22 Å². The number of hydrogen-bond donors (Lipinski definition) is 0. The molecule has 1 saturated heterocycles. The van der Waals surface area contributed by atoms with Gasteiger partial charge in [-0.3, -0.25) is 0 Å². The van der Waals surface area contributed by atoms with E-state index >= 15 is 0 Å². The minimum Gasteiger partial charge on any atom is -0.373 e. The van der Waals surface area contributed by atoms with Crippen molar-refractivity contribution >= 4 is 10.2 Å². The average Bonchev–Trinajstić information content (AvgIpc) is 2.17. The highest BCUT2D eigenvalue weighted by Gasteiger charge is 2.38. The summed E-state index contributed by atoms with van der Waals surface area (Å²) in [5.74, 6) is 0. The Morgan fingerprint density at radius 2 is 2.25 bits per heavy atom. The van der Waals surface area contributed by atoms with Gasteiger partial charge >= 0.3 is 0 Å². The van der Waals surface area contributed by atoms with E-state index in [-0.39, 0.29) is 0 Å². The molecule has 0 N–H and O–H groups in total. The smallest absolute Gasteiger partial charge is 0.0835 e. The Morgan fingerprint density at radius 1 is 1.75 bits per heavy atom. The van der Waals surface area contributed by atoms with E-state index in [1.54, 1.807) is 0 Å². The van der Waals surface area contributed by atoms with Gasteiger partial charge in [-0.1, -0.05) is 0 Å². The topological polar surface area (TPSA) is 15.8 Å². The zero-order valence-corrected chi connectivity index (χ0v) is 7.77. The summed E-state index contributed by atoms with van der Waals surface area (Å²) in [5, 5.41) is 0.337. The molecule has 0 aromatic rings. The summed E-state index contributed by atoms with van der Waals surface area (Å²) >= 11 is 0. The first-order valence-electron chi connectivity index (χ1n) is 2.91. The monoisotopic (exact) mass is 131 g/mol. The molecule has 0 aromatic carbocycles. The van der Waals surface area contributed by atoms with E-state index in [9.17, 15) is 0 Å². The number of likely N-dealkylation sites (N-methyl/N-ethyl adjacent to an activating group) is 1. The summed E-state index contributed by atoms with van der Waals surface area (Å²) in [6.07, 6.45) is 0. The third-order valence-corrected chi connectivity index (χ3v) is 2.18. The Hall–Kier alpha value is 0.137. The summed E-state index contributed by atoms with van der Waals surface area (Å²) in [5.41, 5.74) is 0. The fourth-order valence-corrected chi connectivity index (χ4v) is 1.66. The quantitative estimate of drug-likeness (QED) is 0.340. The van der Waals surface area contributed by atoms with E-state index in [4.69, 9.17) is 4.74 Å². The minimum absolute atomic E-state index is 0.337. The van der Waals surface area contributed by atoms with E-state index in [0.717, 1.165) is 13.2 Å². The van der Waals surface area contributed by atoms with Gasteiger partial charge < -0.3 is 9.64 Å². The van der Waals surface area contributed by atoms with Crippen LogP contribution < -0.4 is 0 Å². The Kier molecular flexibility index (Phi) is 1.43. The van der Waals surface area contributed by atoms with Crippen LogP contribution in [0.4, 0.5) is 0 Å². The lowest BCUT2D eigenvalue weighted by molar-refractivity contribution is 0.297. The van der Waals surface area contributed by atoms with Gasteiger partial charge in [-0.25, -0.2) is 0 Å². The zero-order valence-electron chi connectivity index (χ0n) is 5.77. The molecule has 3 heteroatoms. The number of nitrogens with zero attached hydrogens (tertiary/aromatic N) is 1. The van der Waals surface area contributed by atoms with Crippen molar-refractivity contribution in [3.05, 3.63) is 0 Å². The second-order valence-electron chi connectivity index (χ2n) is 2.98. The van der Waals surface area contributed by atoms with E-state index in [1.807, 2.05) is 0 Å². The fraction of sp³-hybridized carbons (Fsp3) is 1.00. The molecule has 1 heterocycles. The maximum Gasteiger partial charge on any atom is 0.0835 e. The van der Waals surface area contributed by atoms with Crippen LogP contribution in [0.2, 0.25) is 0 Å². The van der Waals surface area contributed by atoms with E-state index in [2.05, 4.69) is 19.0 Å². The molecule has 0 unspecified atom stereocenters. The van der Waals surface area contributed by atoms with Gasteiger partial charge in [-0.05, 0) is 14.1 Å².